The van der Waals surface area contributed by atoms with Crippen LogP contribution in [0, 0.1) is 17.2 Å². The summed E-state index contributed by atoms with van der Waals surface area (Å²) < 4.78 is 5.22. The lowest BCUT2D eigenvalue weighted by atomic mass is 9.92. The molecule has 1 fully saturated rings. The molecule has 0 aromatic heterocycles. The molecule has 1 aromatic rings. The van der Waals surface area contributed by atoms with Crippen LogP contribution in [0.2, 0.25) is 0 Å². The molecule has 2 atom stereocenters. The van der Waals surface area contributed by atoms with Crippen LogP contribution < -0.4 is 10.1 Å². The van der Waals surface area contributed by atoms with Crippen molar-refractivity contribution in [2.24, 2.45) is 5.92 Å². The van der Waals surface area contributed by atoms with E-state index in [2.05, 4.69) is 36.3 Å². The smallest absolute Gasteiger partial charge is 0.136 e. The zero-order valence-corrected chi connectivity index (χ0v) is 12.5. The van der Waals surface area contributed by atoms with E-state index in [0.717, 1.165) is 19.6 Å². The molecular weight excluding hydrogens is 250 g/mol. The Kier molecular flexibility index (Phi) is 4.99. The van der Waals surface area contributed by atoms with E-state index in [4.69, 9.17) is 4.74 Å². The Bertz CT molecular complexity index is 495. The molecule has 0 saturated carbocycles. The highest BCUT2D eigenvalue weighted by Crippen LogP contribution is 2.37. The zero-order chi connectivity index (χ0) is 14.5. The summed E-state index contributed by atoms with van der Waals surface area (Å²) in [4.78, 5) is 2.38. The van der Waals surface area contributed by atoms with Gasteiger partial charge in [0, 0.05) is 6.04 Å². The molecule has 1 saturated heterocycles. The Morgan fingerprint density at radius 2 is 2.30 bits per heavy atom. The Balaban J connectivity index is 2.26. The lowest BCUT2D eigenvalue weighted by Gasteiger charge is -2.26. The summed E-state index contributed by atoms with van der Waals surface area (Å²) in [5.41, 5.74) is 1.83. The largest absolute Gasteiger partial charge is 0.495 e. The van der Waals surface area contributed by atoms with E-state index >= 15 is 0 Å². The van der Waals surface area contributed by atoms with Gasteiger partial charge in [-0.05, 0) is 56.7 Å². The van der Waals surface area contributed by atoms with Gasteiger partial charge in [-0.25, -0.2) is 0 Å². The second-order valence-electron chi connectivity index (χ2n) is 5.35. The second kappa shape index (κ2) is 6.74. The summed E-state index contributed by atoms with van der Waals surface area (Å²) in [5, 5.41) is 12.7. The van der Waals surface area contributed by atoms with Crippen molar-refractivity contribution in [2.45, 2.75) is 19.4 Å². The van der Waals surface area contributed by atoms with E-state index < -0.39 is 0 Å². The number of benzene rings is 1. The molecule has 1 heterocycles. The third-order valence-electron chi connectivity index (χ3n) is 4.12. The predicted octanol–water partition coefficient (Wildman–Crippen LogP) is 2.17. The van der Waals surface area contributed by atoms with Gasteiger partial charge in [-0.3, -0.25) is 4.90 Å². The molecule has 1 aliphatic heterocycles. The molecule has 0 spiro atoms. The first-order chi connectivity index (χ1) is 9.71. The van der Waals surface area contributed by atoms with Crippen LogP contribution in [0.5, 0.6) is 5.75 Å². The number of hydrogen-bond acceptors (Lipinski definition) is 4. The number of methoxy groups -OCH3 is 1. The number of nitriles is 1. The fourth-order valence-electron chi connectivity index (χ4n) is 3.09. The van der Waals surface area contributed by atoms with Crippen LogP contribution in [0.1, 0.15) is 30.5 Å². The molecular formula is C16H23N3O. The van der Waals surface area contributed by atoms with Crippen LogP contribution in [-0.2, 0) is 0 Å². The van der Waals surface area contributed by atoms with Crippen molar-refractivity contribution in [3.63, 3.8) is 0 Å². The number of ether oxygens (including phenoxy) is 1. The average Bonchev–Trinajstić information content (AvgIpc) is 2.85. The average molecular weight is 273 g/mol. The molecule has 2 rings (SSSR count). The number of nitrogens with one attached hydrogen (secondary N) is 1. The Morgan fingerprint density at radius 3 is 2.95 bits per heavy atom. The van der Waals surface area contributed by atoms with E-state index in [0.29, 0.717) is 23.3 Å². The van der Waals surface area contributed by atoms with E-state index in [1.165, 1.54) is 12.0 Å². The van der Waals surface area contributed by atoms with Gasteiger partial charge in [0.25, 0.3) is 0 Å². The summed E-state index contributed by atoms with van der Waals surface area (Å²) >= 11 is 0. The van der Waals surface area contributed by atoms with Gasteiger partial charge in [0.05, 0.1) is 12.7 Å². The van der Waals surface area contributed by atoms with Crippen molar-refractivity contribution in [1.29, 1.82) is 5.26 Å². The van der Waals surface area contributed by atoms with Gasteiger partial charge in [0.2, 0.25) is 0 Å². The van der Waals surface area contributed by atoms with Crippen molar-refractivity contribution in [2.75, 3.05) is 33.8 Å². The van der Waals surface area contributed by atoms with Crippen LogP contribution in [0.25, 0.3) is 0 Å². The third kappa shape index (κ3) is 2.95. The van der Waals surface area contributed by atoms with Gasteiger partial charge in [-0.2, -0.15) is 5.26 Å². The van der Waals surface area contributed by atoms with Gasteiger partial charge in [0.1, 0.15) is 11.8 Å². The highest BCUT2D eigenvalue weighted by Gasteiger charge is 2.32. The first kappa shape index (κ1) is 14.8. The highest BCUT2D eigenvalue weighted by molar-refractivity contribution is 5.46. The van der Waals surface area contributed by atoms with E-state index in [1.807, 2.05) is 12.1 Å². The van der Waals surface area contributed by atoms with E-state index in [9.17, 15) is 5.26 Å². The monoisotopic (exact) mass is 273 g/mol. The summed E-state index contributed by atoms with van der Waals surface area (Å²) in [7, 11) is 3.76. The lowest BCUT2D eigenvalue weighted by molar-refractivity contribution is 0.272. The number of likely N-dealkylation sites (tertiary alicyclic amines) is 1. The minimum atomic E-state index is 0.382. The zero-order valence-electron chi connectivity index (χ0n) is 12.5. The number of rotatable bonds is 5. The molecule has 2 unspecified atom stereocenters. The molecule has 0 amide bonds. The lowest BCUT2D eigenvalue weighted by Crippen LogP contribution is -2.28. The van der Waals surface area contributed by atoms with Crippen LogP contribution in [0.4, 0.5) is 0 Å². The van der Waals surface area contributed by atoms with Gasteiger partial charge in [-0.15, -0.1) is 0 Å². The minimum Gasteiger partial charge on any atom is -0.495 e. The van der Waals surface area contributed by atoms with Crippen molar-refractivity contribution >= 4 is 0 Å². The normalized spacial score (nSPS) is 22.7. The molecule has 1 aliphatic rings. The van der Waals surface area contributed by atoms with Crippen LogP contribution in [0.3, 0.4) is 0 Å². The third-order valence-corrected chi connectivity index (χ3v) is 4.12. The Morgan fingerprint density at radius 1 is 1.50 bits per heavy atom. The summed E-state index contributed by atoms with van der Waals surface area (Å²) in [6.07, 6.45) is 1.20. The van der Waals surface area contributed by atoms with Gasteiger partial charge < -0.3 is 10.1 Å². The van der Waals surface area contributed by atoms with Crippen molar-refractivity contribution in [1.82, 2.24) is 10.2 Å². The molecule has 1 N–H and O–H groups in total. The number of hydrogen-bond donors (Lipinski definition) is 1. The molecule has 20 heavy (non-hydrogen) atoms. The maximum Gasteiger partial charge on any atom is 0.136 e. The standard InChI is InChI=1S/C16H23N3O/c1-4-18-11-13-7-8-19(2)16(13)12-5-6-15(20-3)14(9-12)10-17/h5-6,9,13,16,18H,4,7-8,11H2,1-3H3. The summed E-state index contributed by atoms with van der Waals surface area (Å²) in [5.74, 6) is 1.25. The van der Waals surface area contributed by atoms with Crippen LogP contribution in [-0.4, -0.2) is 38.7 Å². The molecule has 0 aliphatic carbocycles. The van der Waals surface area contributed by atoms with Crippen molar-refractivity contribution < 1.29 is 4.74 Å². The first-order valence-electron chi connectivity index (χ1n) is 7.20. The topological polar surface area (TPSA) is 48.3 Å². The quantitative estimate of drug-likeness (QED) is 0.893. The predicted molar refractivity (Wildman–Crippen MR) is 79.7 cm³/mol. The molecule has 4 nitrogen and oxygen atoms in total. The Hall–Kier alpha value is -1.57. The van der Waals surface area contributed by atoms with E-state index in [1.54, 1.807) is 7.11 Å². The van der Waals surface area contributed by atoms with E-state index in [-0.39, 0.29) is 0 Å². The molecule has 0 radical (unpaired) electrons. The number of nitrogens with zero attached hydrogens (tertiary/aromatic N) is 2. The van der Waals surface area contributed by atoms with Crippen LogP contribution >= 0.6 is 0 Å². The van der Waals surface area contributed by atoms with Crippen molar-refractivity contribution in [3.05, 3.63) is 29.3 Å². The second-order valence-corrected chi connectivity index (χ2v) is 5.35. The Labute approximate surface area is 121 Å². The SMILES string of the molecule is CCNCC1CCN(C)C1c1ccc(OC)c(C#N)c1. The molecule has 0 bridgehead atoms. The molecule has 1 aromatic carbocycles. The maximum absolute atomic E-state index is 9.23. The van der Waals surface area contributed by atoms with Crippen LogP contribution in [0.15, 0.2) is 18.2 Å². The summed E-state index contributed by atoms with van der Waals surface area (Å²) in [6, 6.07) is 8.58. The fourth-order valence-corrected chi connectivity index (χ4v) is 3.09. The molecule has 108 valence electrons. The van der Waals surface area contributed by atoms with Gasteiger partial charge >= 0.3 is 0 Å². The van der Waals surface area contributed by atoms with Crippen molar-refractivity contribution in [3.8, 4) is 11.8 Å². The minimum absolute atomic E-state index is 0.382. The highest BCUT2D eigenvalue weighted by atomic mass is 16.5. The first-order valence-corrected chi connectivity index (χ1v) is 7.20. The van der Waals surface area contributed by atoms with Gasteiger partial charge in [0.15, 0.2) is 0 Å². The molecule has 4 heteroatoms. The summed E-state index contributed by atoms with van der Waals surface area (Å²) in [6.45, 7) is 5.27. The maximum atomic E-state index is 9.23. The fraction of sp³-hybridized carbons (Fsp3) is 0.562. The van der Waals surface area contributed by atoms with Gasteiger partial charge in [-0.1, -0.05) is 13.0 Å².